The molecule has 3 rings (SSSR count). The second kappa shape index (κ2) is 9.26. The topological polar surface area (TPSA) is 102 Å². The first-order valence-corrected chi connectivity index (χ1v) is 10.2. The lowest BCUT2D eigenvalue weighted by Gasteiger charge is -2.25. The smallest absolute Gasteiger partial charge is 0.305 e. The van der Waals surface area contributed by atoms with Gasteiger partial charge >= 0.3 is 5.97 Å². The van der Waals surface area contributed by atoms with Crippen LogP contribution in [0.5, 0.6) is 0 Å². The molecule has 0 aliphatic carbocycles. The first kappa shape index (κ1) is 21.1. The number of aliphatic carboxylic acids is 1. The third-order valence-electron chi connectivity index (χ3n) is 5.83. The number of likely N-dealkylation sites (N-methyl/N-ethyl adjacent to an activating group) is 1. The summed E-state index contributed by atoms with van der Waals surface area (Å²) in [5.74, 6) is -0.728. The van der Waals surface area contributed by atoms with Gasteiger partial charge in [-0.3, -0.25) is 14.4 Å². The maximum absolute atomic E-state index is 12.9. The Morgan fingerprint density at radius 3 is 2.69 bits per heavy atom. The standard InChI is InChI=1S/C21H30N4O4/c1-24(10-7-14-5-8-22-9-6-14)20(28)15-3-4-16-13-25(2)21(29)18(12-19(26)27)23-17(16)11-15/h3-4,11,14,18,22-23H,5-10,12-13H2,1-2H3,(H,26,27)/t18-/m0/s1. The molecule has 0 radical (unpaired) electrons. The van der Waals surface area contributed by atoms with Crippen LogP contribution >= 0.6 is 0 Å². The number of rotatable bonds is 6. The molecular weight excluding hydrogens is 372 g/mol. The molecule has 8 nitrogen and oxygen atoms in total. The monoisotopic (exact) mass is 402 g/mol. The minimum absolute atomic E-state index is 0.0674. The van der Waals surface area contributed by atoms with Gasteiger partial charge in [-0.05, 0) is 56.0 Å². The van der Waals surface area contributed by atoms with Crippen molar-refractivity contribution in [1.82, 2.24) is 15.1 Å². The van der Waals surface area contributed by atoms with Gasteiger partial charge < -0.3 is 25.5 Å². The Labute approximate surface area is 171 Å². The summed E-state index contributed by atoms with van der Waals surface area (Å²) in [7, 11) is 3.47. The summed E-state index contributed by atoms with van der Waals surface area (Å²) in [5, 5.41) is 15.5. The lowest BCUT2D eigenvalue weighted by atomic mass is 9.94. The highest BCUT2D eigenvalue weighted by molar-refractivity contribution is 5.96. The van der Waals surface area contributed by atoms with E-state index >= 15 is 0 Å². The van der Waals surface area contributed by atoms with E-state index in [9.17, 15) is 14.4 Å². The van der Waals surface area contributed by atoms with Crippen LogP contribution in [-0.4, -0.2) is 72.5 Å². The van der Waals surface area contributed by atoms with Crippen molar-refractivity contribution in [3.05, 3.63) is 29.3 Å². The number of amides is 2. The molecule has 0 aromatic heterocycles. The number of carbonyl (C=O) groups is 3. The molecule has 0 unspecified atom stereocenters. The number of benzene rings is 1. The van der Waals surface area contributed by atoms with Crippen LogP contribution in [-0.2, 0) is 16.1 Å². The van der Waals surface area contributed by atoms with Crippen molar-refractivity contribution in [1.29, 1.82) is 0 Å². The van der Waals surface area contributed by atoms with Gasteiger partial charge in [-0.2, -0.15) is 0 Å². The first-order chi connectivity index (χ1) is 13.8. The van der Waals surface area contributed by atoms with Crippen molar-refractivity contribution in [2.24, 2.45) is 5.92 Å². The summed E-state index contributed by atoms with van der Waals surface area (Å²) in [6.07, 6.45) is 2.98. The zero-order valence-corrected chi connectivity index (χ0v) is 17.1. The number of carboxylic acids is 1. The molecule has 0 spiro atoms. The molecule has 1 fully saturated rings. The van der Waals surface area contributed by atoms with Crippen LogP contribution in [0.3, 0.4) is 0 Å². The van der Waals surface area contributed by atoms with Gasteiger partial charge in [-0.25, -0.2) is 0 Å². The van der Waals surface area contributed by atoms with E-state index < -0.39 is 12.0 Å². The minimum atomic E-state index is -1.04. The van der Waals surface area contributed by atoms with Gasteiger partial charge in [-0.15, -0.1) is 0 Å². The zero-order valence-electron chi connectivity index (χ0n) is 17.1. The average molecular weight is 402 g/mol. The normalized spacial score (nSPS) is 19.9. The molecule has 158 valence electrons. The van der Waals surface area contributed by atoms with E-state index in [-0.39, 0.29) is 18.2 Å². The lowest BCUT2D eigenvalue weighted by molar-refractivity contribution is -0.141. The van der Waals surface area contributed by atoms with Crippen molar-refractivity contribution >= 4 is 23.5 Å². The third-order valence-corrected chi connectivity index (χ3v) is 5.83. The molecule has 1 atom stereocenters. The van der Waals surface area contributed by atoms with E-state index in [1.165, 1.54) is 4.90 Å². The van der Waals surface area contributed by atoms with Gasteiger partial charge in [0.15, 0.2) is 0 Å². The van der Waals surface area contributed by atoms with E-state index in [1.807, 2.05) is 13.1 Å². The van der Waals surface area contributed by atoms with Crippen LogP contribution < -0.4 is 10.6 Å². The van der Waals surface area contributed by atoms with Crippen molar-refractivity contribution < 1.29 is 19.5 Å². The van der Waals surface area contributed by atoms with Crippen molar-refractivity contribution in [3.8, 4) is 0 Å². The predicted octanol–water partition coefficient (Wildman–Crippen LogP) is 1.38. The number of nitrogens with one attached hydrogen (secondary N) is 2. The molecule has 2 amide bonds. The molecule has 2 heterocycles. The number of nitrogens with zero attached hydrogens (tertiary/aromatic N) is 2. The quantitative estimate of drug-likeness (QED) is 0.664. The second-order valence-corrected chi connectivity index (χ2v) is 8.07. The van der Waals surface area contributed by atoms with Crippen molar-refractivity contribution in [3.63, 3.8) is 0 Å². The summed E-state index contributed by atoms with van der Waals surface area (Å²) in [5.41, 5.74) is 2.05. The van der Waals surface area contributed by atoms with E-state index in [4.69, 9.17) is 5.11 Å². The maximum Gasteiger partial charge on any atom is 0.305 e. The average Bonchev–Trinajstić information content (AvgIpc) is 2.82. The second-order valence-electron chi connectivity index (χ2n) is 8.07. The van der Waals surface area contributed by atoms with E-state index in [2.05, 4.69) is 10.6 Å². The Morgan fingerprint density at radius 2 is 2.00 bits per heavy atom. The van der Waals surface area contributed by atoms with Gasteiger partial charge in [0.2, 0.25) is 5.91 Å². The first-order valence-electron chi connectivity index (χ1n) is 10.2. The number of fused-ring (bicyclic) bond motifs is 1. The van der Waals surface area contributed by atoms with Crippen LogP contribution in [0.1, 0.15) is 41.6 Å². The number of carbonyl (C=O) groups excluding carboxylic acids is 2. The summed E-state index contributed by atoms with van der Waals surface area (Å²) < 4.78 is 0. The number of carboxylic acid groups (broad SMARTS) is 1. The highest BCUT2D eigenvalue weighted by atomic mass is 16.4. The Balaban J connectivity index is 1.70. The third kappa shape index (κ3) is 5.26. The van der Waals surface area contributed by atoms with Crippen LogP contribution in [0, 0.1) is 5.92 Å². The van der Waals surface area contributed by atoms with E-state index in [1.54, 1.807) is 24.1 Å². The SMILES string of the molecule is CN(CCC1CCNCC1)C(=O)c1ccc2c(c1)N[C@@H](CC(=O)O)C(=O)N(C)C2. The number of anilines is 1. The number of hydrogen-bond acceptors (Lipinski definition) is 5. The highest BCUT2D eigenvalue weighted by Gasteiger charge is 2.29. The largest absolute Gasteiger partial charge is 0.481 e. The molecule has 2 aliphatic heterocycles. The fourth-order valence-corrected chi connectivity index (χ4v) is 4.01. The summed E-state index contributed by atoms with van der Waals surface area (Å²) >= 11 is 0. The molecule has 3 N–H and O–H groups in total. The van der Waals surface area contributed by atoms with Gasteiger partial charge in [-0.1, -0.05) is 6.07 Å². The van der Waals surface area contributed by atoms with Crippen LogP contribution in [0.2, 0.25) is 0 Å². The fourth-order valence-electron chi connectivity index (χ4n) is 4.01. The highest BCUT2D eigenvalue weighted by Crippen LogP contribution is 2.26. The summed E-state index contributed by atoms with van der Waals surface area (Å²) in [6, 6.07) is 4.50. The summed E-state index contributed by atoms with van der Waals surface area (Å²) in [4.78, 5) is 39.7. The Kier molecular flexibility index (Phi) is 6.74. The van der Waals surface area contributed by atoms with Gasteiger partial charge in [0.05, 0.1) is 6.42 Å². The Bertz CT molecular complexity index is 776. The van der Waals surface area contributed by atoms with Crippen molar-refractivity contribution in [2.45, 2.75) is 38.3 Å². The van der Waals surface area contributed by atoms with E-state index in [0.717, 1.165) is 37.9 Å². The van der Waals surface area contributed by atoms with Crippen LogP contribution in [0.25, 0.3) is 0 Å². The van der Waals surface area contributed by atoms with Crippen LogP contribution in [0.15, 0.2) is 18.2 Å². The Hall–Kier alpha value is -2.61. The molecule has 8 heteroatoms. The lowest BCUT2D eigenvalue weighted by Crippen LogP contribution is -2.39. The zero-order chi connectivity index (χ0) is 21.0. The van der Waals surface area contributed by atoms with Gasteiger partial charge in [0, 0.05) is 38.4 Å². The molecule has 1 aromatic rings. The van der Waals surface area contributed by atoms with Gasteiger partial charge in [0.25, 0.3) is 5.91 Å². The Morgan fingerprint density at radius 1 is 1.28 bits per heavy atom. The molecule has 29 heavy (non-hydrogen) atoms. The van der Waals surface area contributed by atoms with Crippen LogP contribution in [0.4, 0.5) is 5.69 Å². The molecule has 0 saturated carbocycles. The van der Waals surface area contributed by atoms with E-state index in [0.29, 0.717) is 30.3 Å². The molecule has 1 saturated heterocycles. The maximum atomic E-state index is 12.9. The van der Waals surface area contributed by atoms with Gasteiger partial charge in [0.1, 0.15) is 6.04 Å². The molecular formula is C21H30N4O4. The molecule has 1 aromatic carbocycles. The summed E-state index contributed by atoms with van der Waals surface area (Å²) in [6.45, 7) is 3.17. The number of piperidine rings is 1. The molecule has 2 aliphatic rings. The molecule has 0 bridgehead atoms. The minimum Gasteiger partial charge on any atom is -0.481 e. The number of hydrogen-bond donors (Lipinski definition) is 3. The fraction of sp³-hybridized carbons (Fsp3) is 0.571. The van der Waals surface area contributed by atoms with Crippen molar-refractivity contribution in [2.75, 3.05) is 39.0 Å². The predicted molar refractivity (Wildman–Crippen MR) is 110 cm³/mol.